The van der Waals surface area contributed by atoms with Gasteiger partial charge in [0.1, 0.15) is 17.8 Å². The van der Waals surface area contributed by atoms with Gasteiger partial charge in [0.05, 0.1) is 0 Å². The second-order valence-electron chi connectivity index (χ2n) is 6.99. The number of ether oxygens (including phenoxy) is 2. The zero-order valence-corrected chi connectivity index (χ0v) is 16.3. The molecule has 0 saturated carbocycles. The van der Waals surface area contributed by atoms with Crippen molar-refractivity contribution in [1.29, 1.82) is 0 Å². The quantitative estimate of drug-likeness (QED) is 0.688. The number of nitrogens with one attached hydrogen (secondary N) is 1. The first-order valence-corrected chi connectivity index (χ1v) is 9.44. The van der Waals surface area contributed by atoms with Crippen molar-refractivity contribution >= 4 is 17.4 Å². The van der Waals surface area contributed by atoms with Gasteiger partial charge in [0.25, 0.3) is 5.91 Å². The highest BCUT2D eigenvalue weighted by molar-refractivity contribution is 6.03. The molecule has 1 aromatic heterocycles. The SMILES string of the molecule is CC(C)N(Cc1ccccc1)c1cc(C(=O)Nc2ccc3c(c2)OCO3)ncn1. The highest BCUT2D eigenvalue weighted by Gasteiger charge is 2.18. The van der Waals surface area contributed by atoms with Crippen LogP contribution in [0.4, 0.5) is 11.5 Å². The smallest absolute Gasteiger partial charge is 0.274 e. The molecule has 148 valence electrons. The molecule has 0 atom stereocenters. The van der Waals surface area contributed by atoms with Crippen LogP contribution in [0, 0.1) is 0 Å². The molecule has 29 heavy (non-hydrogen) atoms. The number of benzene rings is 2. The molecule has 1 aliphatic rings. The minimum absolute atomic E-state index is 0.189. The molecule has 1 N–H and O–H groups in total. The number of carbonyl (C=O) groups excluding carboxylic acids is 1. The van der Waals surface area contributed by atoms with Crippen molar-refractivity contribution in [2.45, 2.75) is 26.4 Å². The van der Waals surface area contributed by atoms with Gasteiger partial charge in [-0.3, -0.25) is 4.79 Å². The molecule has 4 rings (SSSR count). The lowest BCUT2D eigenvalue weighted by Crippen LogP contribution is -2.31. The minimum Gasteiger partial charge on any atom is -0.454 e. The van der Waals surface area contributed by atoms with Crippen molar-refractivity contribution < 1.29 is 14.3 Å². The van der Waals surface area contributed by atoms with E-state index in [4.69, 9.17) is 9.47 Å². The summed E-state index contributed by atoms with van der Waals surface area (Å²) >= 11 is 0. The molecule has 0 spiro atoms. The van der Waals surface area contributed by atoms with Gasteiger partial charge in [0, 0.05) is 30.4 Å². The largest absolute Gasteiger partial charge is 0.454 e. The fraction of sp³-hybridized carbons (Fsp3) is 0.227. The molecule has 2 aromatic carbocycles. The third-order valence-corrected chi connectivity index (χ3v) is 4.63. The van der Waals surface area contributed by atoms with Crippen molar-refractivity contribution in [3.05, 3.63) is 72.2 Å². The third-order valence-electron chi connectivity index (χ3n) is 4.63. The summed E-state index contributed by atoms with van der Waals surface area (Å²) in [6, 6.07) is 17.3. The number of nitrogens with zero attached hydrogens (tertiary/aromatic N) is 3. The van der Waals surface area contributed by atoms with Crippen LogP contribution in [0.5, 0.6) is 11.5 Å². The molecule has 2 heterocycles. The van der Waals surface area contributed by atoms with Crippen LogP contribution < -0.4 is 19.7 Å². The molecule has 0 aliphatic carbocycles. The molecule has 1 amide bonds. The normalized spacial score (nSPS) is 12.1. The summed E-state index contributed by atoms with van der Waals surface area (Å²) in [5.41, 5.74) is 2.09. The van der Waals surface area contributed by atoms with E-state index in [0.29, 0.717) is 35.2 Å². The van der Waals surface area contributed by atoms with Gasteiger partial charge in [0.15, 0.2) is 11.5 Å². The molecule has 7 nitrogen and oxygen atoms in total. The van der Waals surface area contributed by atoms with E-state index in [9.17, 15) is 4.79 Å². The van der Waals surface area contributed by atoms with E-state index >= 15 is 0 Å². The zero-order chi connectivity index (χ0) is 20.2. The van der Waals surface area contributed by atoms with E-state index in [1.165, 1.54) is 11.9 Å². The maximum atomic E-state index is 12.7. The first-order valence-electron chi connectivity index (χ1n) is 9.44. The van der Waals surface area contributed by atoms with Crippen molar-refractivity contribution in [2.24, 2.45) is 0 Å². The van der Waals surface area contributed by atoms with Gasteiger partial charge in [-0.25, -0.2) is 9.97 Å². The number of hydrogen-bond acceptors (Lipinski definition) is 6. The van der Waals surface area contributed by atoms with Crippen LogP contribution in [0.15, 0.2) is 60.9 Å². The van der Waals surface area contributed by atoms with Crippen molar-refractivity contribution in [3.63, 3.8) is 0 Å². The number of carbonyl (C=O) groups is 1. The van der Waals surface area contributed by atoms with Crippen LogP contribution in [-0.2, 0) is 6.54 Å². The lowest BCUT2D eigenvalue weighted by Gasteiger charge is -2.28. The summed E-state index contributed by atoms with van der Waals surface area (Å²) in [5.74, 6) is 1.67. The third kappa shape index (κ3) is 4.29. The van der Waals surface area contributed by atoms with Gasteiger partial charge in [0.2, 0.25) is 6.79 Å². The number of anilines is 2. The molecule has 0 unspecified atom stereocenters. The Hall–Kier alpha value is -3.61. The fourth-order valence-electron chi connectivity index (χ4n) is 3.11. The Balaban J connectivity index is 1.53. The van der Waals surface area contributed by atoms with Crippen LogP contribution in [0.2, 0.25) is 0 Å². The second-order valence-corrected chi connectivity index (χ2v) is 6.99. The Labute approximate surface area is 169 Å². The van der Waals surface area contributed by atoms with Crippen LogP contribution in [0.3, 0.4) is 0 Å². The number of fused-ring (bicyclic) bond motifs is 1. The van der Waals surface area contributed by atoms with Gasteiger partial charge in [-0.2, -0.15) is 0 Å². The van der Waals surface area contributed by atoms with Crippen molar-refractivity contribution in [1.82, 2.24) is 9.97 Å². The maximum absolute atomic E-state index is 12.7. The summed E-state index contributed by atoms with van der Waals surface area (Å²) in [6.45, 7) is 5.07. The van der Waals surface area contributed by atoms with Crippen LogP contribution >= 0.6 is 0 Å². The molecule has 0 radical (unpaired) electrons. The number of aromatic nitrogens is 2. The van der Waals surface area contributed by atoms with Gasteiger partial charge in [-0.05, 0) is 31.5 Å². The molecule has 1 aliphatic heterocycles. The zero-order valence-electron chi connectivity index (χ0n) is 16.3. The van der Waals surface area contributed by atoms with E-state index in [0.717, 1.165) is 0 Å². The minimum atomic E-state index is -0.309. The summed E-state index contributed by atoms with van der Waals surface area (Å²) < 4.78 is 10.6. The first kappa shape index (κ1) is 18.7. The molecular weight excluding hydrogens is 368 g/mol. The van der Waals surface area contributed by atoms with E-state index < -0.39 is 0 Å². The molecule has 0 fully saturated rings. The monoisotopic (exact) mass is 390 g/mol. The standard InChI is InChI=1S/C22H22N4O3/c1-15(2)26(12-16-6-4-3-5-7-16)21-11-18(23-13-24-21)22(27)25-17-8-9-19-20(10-17)29-14-28-19/h3-11,13,15H,12,14H2,1-2H3,(H,25,27). The van der Waals surface area contributed by atoms with Gasteiger partial charge < -0.3 is 19.7 Å². The van der Waals surface area contributed by atoms with Gasteiger partial charge in [-0.1, -0.05) is 30.3 Å². The molecule has 3 aromatic rings. The fourth-order valence-corrected chi connectivity index (χ4v) is 3.11. The lowest BCUT2D eigenvalue weighted by atomic mass is 10.2. The molecule has 0 bridgehead atoms. The Morgan fingerprint density at radius 2 is 1.86 bits per heavy atom. The summed E-state index contributed by atoms with van der Waals surface area (Å²) in [7, 11) is 0. The molecule has 7 heteroatoms. The predicted octanol–water partition coefficient (Wildman–Crippen LogP) is 3.87. The molecular formula is C22H22N4O3. The van der Waals surface area contributed by atoms with Crippen LogP contribution in [0.25, 0.3) is 0 Å². The van der Waals surface area contributed by atoms with Crippen molar-refractivity contribution in [2.75, 3.05) is 17.0 Å². The Kier molecular flexibility index (Phi) is 5.29. The van der Waals surface area contributed by atoms with Crippen LogP contribution in [0.1, 0.15) is 29.9 Å². The average molecular weight is 390 g/mol. The highest BCUT2D eigenvalue weighted by Crippen LogP contribution is 2.34. The van der Waals surface area contributed by atoms with Crippen molar-refractivity contribution in [3.8, 4) is 11.5 Å². The summed E-state index contributed by atoms with van der Waals surface area (Å²) in [4.78, 5) is 23.4. The number of hydrogen-bond donors (Lipinski definition) is 1. The first-order chi connectivity index (χ1) is 14.1. The maximum Gasteiger partial charge on any atom is 0.274 e. The lowest BCUT2D eigenvalue weighted by molar-refractivity contribution is 0.102. The predicted molar refractivity (Wildman–Crippen MR) is 110 cm³/mol. The van der Waals surface area contributed by atoms with Gasteiger partial charge in [-0.15, -0.1) is 0 Å². The summed E-state index contributed by atoms with van der Waals surface area (Å²) in [5, 5.41) is 2.85. The number of rotatable bonds is 6. The topological polar surface area (TPSA) is 76.6 Å². The summed E-state index contributed by atoms with van der Waals surface area (Å²) in [6.07, 6.45) is 1.42. The van der Waals surface area contributed by atoms with E-state index in [-0.39, 0.29) is 18.7 Å². The Morgan fingerprint density at radius 1 is 1.07 bits per heavy atom. The Morgan fingerprint density at radius 3 is 2.66 bits per heavy atom. The highest BCUT2D eigenvalue weighted by atomic mass is 16.7. The van der Waals surface area contributed by atoms with Gasteiger partial charge >= 0.3 is 0 Å². The van der Waals surface area contributed by atoms with E-state index in [2.05, 4.69) is 46.2 Å². The number of amides is 1. The Bertz CT molecular complexity index is 1010. The second kappa shape index (κ2) is 8.18. The van der Waals surface area contributed by atoms with E-state index in [1.807, 2.05) is 18.2 Å². The average Bonchev–Trinajstić information content (AvgIpc) is 3.20. The van der Waals surface area contributed by atoms with Crippen LogP contribution in [-0.4, -0.2) is 28.7 Å². The van der Waals surface area contributed by atoms with E-state index in [1.54, 1.807) is 24.3 Å². The molecule has 0 saturated heterocycles.